The van der Waals surface area contributed by atoms with Gasteiger partial charge in [-0.3, -0.25) is 4.79 Å². The van der Waals surface area contributed by atoms with Crippen molar-refractivity contribution in [2.24, 2.45) is 0 Å². The van der Waals surface area contributed by atoms with Gasteiger partial charge in [0, 0.05) is 17.1 Å². The summed E-state index contributed by atoms with van der Waals surface area (Å²) in [5.41, 5.74) is 3.46. The lowest BCUT2D eigenvalue weighted by molar-refractivity contribution is -0.136. The molecular formula is C30H38O4S. The highest BCUT2D eigenvalue weighted by molar-refractivity contribution is 7.99. The van der Waals surface area contributed by atoms with Crippen LogP contribution in [0.1, 0.15) is 63.1 Å². The molecule has 188 valence electrons. The van der Waals surface area contributed by atoms with Gasteiger partial charge in [-0.1, -0.05) is 58.0 Å². The third-order valence-corrected chi connectivity index (χ3v) is 6.42. The molecule has 3 aromatic rings. The first-order chi connectivity index (χ1) is 16.9. The third kappa shape index (κ3) is 9.69. The Bertz CT molecular complexity index is 1050. The molecule has 0 aliphatic rings. The normalized spacial score (nSPS) is 10.5. The minimum absolute atomic E-state index is 0.165. The topological polar surface area (TPSA) is 55.8 Å². The van der Waals surface area contributed by atoms with Crippen LogP contribution in [0.25, 0.3) is 0 Å². The van der Waals surface area contributed by atoms with Crippen molar-refractivity contribution in [3.63, 3.8) is 0 Å². The Morgan fingerprint density at radius 3 is 2.37 bits per heavy atom. The molecule has 0 saturated carbocycles. The van der Waals surface area contributed by atoms with Crippen LogP contribution in [0.5, 0.6) is 17.2 Å². The Morgan fingerprint density at radius 2 is 1.71 bits per heavy atom. The number of rotatable bonds is 12. The monoisotopic (exact) mass is 494 g/mol. The molecule has 5 heteroatoms. The highest BCUT2D eigenvalue weighted by Gasteiger charge is 2.10. The van der Waals surface area contributed by atoms with Crippen LogP contribution in [0.2, 0.25) is 0 Å². The van der Waals surface area contributed by atoms with E-state index in [4.69, 9.17) is 14.6 Å². The van der Waals surface area contributed by atoms with Crippen molar-refractivity contribution < 1.29 is 19.4 Å². The lowest BCUT2D eigenvalue weighted by Gasteiger charge is -2.15. The van der Waals surface area contributed by atoms with Crippen LogP contribution in [-0.2, 0) is 11.2 Å². The zero-order valence-electron chi connectivity index (χ0n) is 21.5. The van der Waals surface area contributed by atoms with Gasteiger partial charge >= 0.3 is 5.97 Å². The molecule has 0 radical (unpaired) electrons. The number of ether oxygens (including phenoxy) is 2. The van der Waals surface area contributed by atoms with Gasteiger partial charge in [-0.25, -0.2) is 0 Å². The Morgan fingerprint density at radius 1 is 0.971 bits per heavy atom. The van der Waals surface area contributed by atoms with E-state index in [2.05, 4.69) is 38.1 Å². The first-order valence-corrected chi connectivity index (χ1v) is 13.3. The molecule has 0 amide bonds. The maximum atomic E-state index is 10.8. The molecule has 0 unspecified atom stereocenters. The molecular weight excluding hydrogens is 456 g/mol. The summed E-state index contributed by atoms with van der Waals surface area (Å²) in [5, 5.41) is 8.87. The number of carboxylic acid groups (broad SMARTS) is 1. The molecule has 0 saturated heterocycles. The van der Waals surface area contributed by atoms with E-state index in [0.29, 0.717) is 18.9 Å². The molecule has 0 heterocycles. The number of para-hydroxylation sites is 1. The fraction of sp³-hybridized carbons (Fsp3) is 0.367. The zero-order chi connectivity index (χ0) is 25.6. The van der Waals surface area contributed by atoms with Gasteiger partial charge in [0.1, 0.15) is 5.75 Å². The van der Waals surface area contributed by atoms with E-state index in [-0.39, 0.29) is 6.42 Å². The van der Waals surface area contributed by atoms with Crippen molar-refractivity contribution in [2.45, 2.75) is 64.7 Å². The summed E-state index contributed by atoms with van der Waals surface area (Å²) in [6, 6.07) is 22.2. The summed E-state index contributed by atoms with van der Waals surface area (Å²) in [6.45, 7) is 11.0. The summed E-state index contributed by atoms with van der Waals surface area (Å²) in [5.74, 6) is 2.88. The summed E-state index contributed by atoms with van der Waals surface area (Å²) in [4.78, 5) is 12.0. The molecule has 0 atom stereocenters. The van der Waals surface area contributed by atoms with Crippen LogP contribution in [-0.4, -0.2) is 23.4 Å². The van der Waals surface area contributed by atoms with Crippen molar-refractivity contribution in [3.8, 4) is 17.2 Å². The van der Waals surface area contributed by atoms with E-state index in [1.165, 1.54) is 10.5 Å². The average molecular weight is 495 g/mol. The quantitative estimate of drug-likeness (QED) is 0.202. The summed E-state index contributed by atoms with van der Waals surface area (Å²) in [7, 11) is 0. The van der Waals surface area contributed by atoms with Crippen LogP contribution in [0.15, 0.2) is 71.6 Å². The fourth-order valence-corrected chi connectivity index (χ4v) is 4.33. The number of hydrogen-bond donors (Lipinski definition) is 1. The van der Waals surface area contributed by atoms with Gasteiger partial charge in [0.05, 0.1) is 6.61 Å². The van der Waals surface area contributed by atoms with Crippen LogP contribution >= 0.6 is 11.8 Å². The van der Waals surface area contributed by atoms with Crippen LogP contribution in [0.3, 0.4) is 0 Å². The fourth-order valence-electron chi connectivity index (χ4n) is 3.41. The van der Waals surface area contributed by atoms with E-state index in [0.717, 1.165) is 40.5 Å². The predicted molar refractivity (Wildman–Crippen MR) is 146 cm³/mol. The molecule has 0 bridgehead atoms. The minimum Gasteiger partial charge on any atom is -0.490 e. The summed E-state index contributed by atoms with van der Waals surface area (Å²) in [6.07, 6.45) is 1.64. The Hall–Kier alpha value is -2.92. The molecule has 0 aliphatic heterocycles. The number of aryl methyl sites for hydroxylation is 2. The van der Waals surface area contributed by atoms with Gasteiger partial charge in [-0.15, -0.1) is 11.8 Å². The first kappa shape index (κ1) is 28.3. The first-order valence-electron chi connectivity index (χ1n) is 12.4. The van der Waals surface area contributed by atoms with Crippen LogP contribution in [0, 0.1) is 6.92 Å². The summed E-state index contributed by atoms with van der Waals surface area (Å²) >= 11 is 1.79. The minimum atomic E-state index is -0.760. The lowest BCUT2D eigenvalue weighted by atomic mass is 10.0. The van der Waals surface area contributed by atoms with Crippen LogP contribution < -0.4 is 9.47 Å². The van der Waals surface area contributed by atoms with Crippen molar-refractivity contribution in [1.82, 2.24) is 0 Å². The van der Waals surface area contributed by atoms with Gasteiger partial charge in [-0.2, -0.15) is 0 Å². The number of thioether (sulfide) groups is 1. The Labute approximate surface area is 214 Å². The molecule has 3 rings (SSSR count). The highest BCUT2D eigenvalue weighted by atomic mass is 32.2. The second-order valence-electron chi connectivity index (χ2n) is 8.31. The molecule has 35 heavy (non-hydrogen) atoms. The molecule has 0 fully saturated rings. The third-order valence-electron chi connectivity index (χ3n) is 5.34. The molecule has 0 aromatic heterocycles. The number of benzene rings is 3. The number of carbonyl (C=O) groups is 1. The SMILES string of the molecule is CC.Cc1cc(SCCCOc2ccc(C(C)C)cc2Oc2ccccc2)ccc1CCC(=O)O. The maximum Gasteiger partial charge on any atom is 0.303 e. The highest BCUT2D eigenvalue weighted by Crippen LogP contribution is 2.34. The second kappa shape index (κ2) is 15.2. The van der Waals surface area contributed by atoms with Crippen molar-refractivity contribution in [3.05, 3.63) is 83.4 Å². The predicted octanol–water partition coefficient (Wildman–Crippen LogP) is 8.52. The number of carboxylic acids is 1. The number of aliphatic carboxylic acids is 1. The van der Waals surface area contributed by atoms with Crippen LogP contribution in [0.4, 0.5) is 0 Å². The standard InChI is InChI=1S/C28H32O4S.C2H6/c1-20(2)23-11-14-26(27(19-23)32-24-8-5-4-6-9-24)31-16-7-17-33-25-13-10-22(21(3)18-25)12-15-28(29)30;1-2/h4-6,8-11,13-14,18-20H,7,12,15-17H2,1-3H3,(H,29,30);1-2H3. The number of hydrogen-bond acceptors (Lipinski definition) is 4. The van der Waals surface area contributed by atoms with E-state index < -0.39 is 5.97 Å². The van der Waals surface area contributed by atoms with Crippen molar-refractivity contribution >= 4 is 17.7 Å². The van der Waals surface area contributed by atoms with Gasteiger partial charge in [-0.05, 0) is 78.8 Å². The van der Waals surface area contributed by atoms with Crippen molar-refractivity contribution in [1.29, 1.82) is 0 Å². The average Bonchev–Trinajstić information content (AvgIpc) is 2.85. The van der Waals surface area contributed by atoms with E-state index in [9.17, 15) is 4.79 Å². The van der Waals surface area contributed by atoms with Gasteiger partial charge in [0.2, 0.25) is 0 Å². The molecule has 4 nitrogen and oxygen atoms in total. The smallest absolute Gasteiger partial charge is 0.303 e. The second-order valence-corrected chi connectivity index (χ2v) is 9.48. The lowest BCUT2D eigenvalue weighted by Crippen LogP contribution is -2.01. The Balaban J connectivity index is 0.00000210. The maximum absolute atomic E-state index is 10.8. The van der Waals surface area contributed by atoms with Gasteiger partial charge in [0.15, 0.2) is 11.5 Å². The Kier molecular flexibility index (Phi) is 12.3. The molecule has 0 aliphatic carbocycles. The summed E-state index contributed by atoms with van der Waals surface area (Å²) < 4.78 is 12.2. The van der Waals surface area contributed by atoms with E-state index in [1.807, 2.05) is 63.2 Å². The molecule has 1 N–H and O–H groups in total. The zero-order valence-corrected chi connectivity index (χ0v) is 22.4. The van der Waals surface area contributed by atoms with E-state index in [1.54, 1.807) is 11.8 Å². The molecule has 3 aromatic carbocycles. The molecule has 0 spiro atoms. The van der Waals surface area contributed by atoms with Gasteiger partial charge in [0.25, 0.3) is 0 Å². The van der Waals surface area contributed by atoms with Gasteiger partial charge < -0.3 is 14.6 Å². The van der Waals surface area contributed by atoms with Crippen molar-refractivity contribution in [2.75, 3.05) is 12.4 Å². The largest absolute Gasteiger partial charge is 0.490 e. The van der Waals surface area contributed by atoms with E-state index >= 15 is 0 Å².